The first kappa shape index (κ1) is 30.8. The molecule has 0 saturated carbocycles. The molecule has 0 unspecified atom stereocenters. The van der Waals surface area contributed by atoms with Crippen molar-refractivity contribution in [2.45, 2.75) is 13.5 Å². The maximum absolute atomic E-state index is 13.4. The zero-order valence-electron chi connectivity index (χ0n) is 24.3. The average molecular weight is 626 g/mol. The van der Waals surface area contributed by atoms with Crippen molar-refractivity contribution in [3.63, 3.8) is 0 Å². The summed E-state index contributed by atoms with van der Waals surface area (Å²) in [5.74, 6) is -1.30. The fourth-order valence-electron chi connectivity index (χ4n) is 4.43. The summed E-state index contributed by atoms with van der Waals surface area (Å²) in [6.45, 7) is 1.94. The first-order valence-electron chi connectivity index (χ1n) is 13.8. The summed E-state index contributed by atoms with van der Waals surface area (Å²) in [6.07, 6.45) is 1.29. The summed E-state index contributed by atoms with van der Waals surface area (Å²) in [4.78, 5) is 52.1. The number of hydrogen-bond acceptors (Lipinski definition) is 7. The molecule has 5 rings (SSSR count). The molecule has 11 heteroatoms. The van der Waals surface area contributed by atoms with Gasteiger partial charge in [-0.3, -0.25) is 19.7 Å². The normalized spacial score (nSPS) is 13.8. The van der Waals surface area contributed by atoms with Gasteiger partial charge in [-0.15, -0.1) is 0 Å². The third-order valence-electron chi connectivity index (χ3n) is 6.69. The van der Waals surface area contributed by atoms with E-state index in [0.29, 0.717) is 23.6 Å². The Morgan fingerprint density at radius 2 is 1.64 bits per heavy atom. The number of urea groups is 1. The minimum atomic E-state index is -0.886. The molecule has 4 aromatic rings. The zero-order chi connectivity index (χ0) is 31.9. The number of imide groups is 2. The van der Waals surface area contributed by atoms with Crippen molar-refractivity contribution in [2.24, 2.45) is 0 Å². The van der Waals surface area contributed by atoms with Crippen LogP contribution in [0, 0.1) is 6.92 Å². The highest BCUT2D eigenvalue weighted by atomic mass is 35.5. The van der Waals surface area contributed by atoms with Crippen molar-refractivity contribution in [3.05, 3.63) is 118 Å². The van der Waals surface area contributed by atoms with Crippen molar-refractivity contribution in [1.29, 1.82) is 0 Å². The Morgan fingerprint density at radius 1 is 0.933 bits per heavy atom. The van der Waals surface area contributed by atoms with Crippen LogP contribution in [0.15, 0.2) is 96.6 Å². The zero-order valence-corrected chi connectivity index (χ0v) is 25.1. The fourth-order valence-corrected chi connectivity index (χ4v) is 4.70. The van der Waals surface area contributed by atoms with Crippen molar-refractivity contribution >= 4 is 52.8 Å². The number of nitrogens with one attached hydrogen (secondary N) is 2. The molecule has 0 atom stereocenters. The number of carbonyl (C=O) groups excluding carboxylic acids is 4. The van der Waals surface area contributed by atoms with E-state index in [2.05, 4.69) is 10.6 Å². The van der Waals surface area contributed by atoms with Crippen LogP contribution in [-0.4, -0.2) is 37.5 Å². The Labute approximate surface area is 264 Å². The van der Waals surface area contributed by atoms with E-state index in [-0.39, 0.29) is 34.4 Å². The van der Waals surface area contributed by atoms with Crippen LogP contribution in [0.5, 0.6) is 17.2 Å². The van der Waals surface area contributed by atoms with Gasteiger partial charge in [-0.2, -0.15) is 0 Å². The molecule has 10 nitrogen and oxygen atoms in total. The Hall–Kier alpha value is -5.61. The van der Waals surface area contributed by atoms with Crippen molar-refractivity contribution < 1.29 is 33.4 Å². The molecule has 5 amide bonds. The van der Waals surface area contributed by atoms with Crippen LogP contribution in [0.2, 0.25) is 5.02 Å². The molecule has 1 saturated heterocycles. The van der Waals surface area contributed by atoms with Crippen molar-refractivity contribution in [1.82, 2.24) is 5.32 Å². The minimum Gasteiger partial charge on any atom is -0.493 e. The molecule has 0 spiro atoms. The Bertz CT molecular complexity index is 1770. The van der Waals surface area contributed by atoms with E-state index in [4.69, 9.17) is 25.8 Å². The summed E-state index contributed by atoms with van der Waals surface area (Å²) in [5, 5.41) is 5.00. The first-order valence-corrected chi connectivity index (χ1v) is 14.1. The number of hydrogen-bond donors (Lipinski definition) is 2. The van der Waals surface area contributed by atoms with E-state index in [0.717, 1.165) is 16.0 Å². The molecule has 2 N–H and O–H groups in total. The summed E-state index contributed by atoms with van der Waals surface area (Å²) in [5.41, 5.74) is 2.92. The van der Waals surface area contributed by atoms with Gasteiger partial charge < -0.3 is 19.5 Å². The number of aryl methyl sites for hydroxylation is 1. The second-order valence-corrected chi connectivity index (χ2v) is 10.4. The van der Waals surface area contributed by atoms with E-state index in [1.807, 2.05) is 49.4 Å². The number of anilines is 2. The number of rotatable bonds is 10. The third-order valence-corrected chi connectivity index (χ3v) is 6.97. The quantitative estimate of drug-likeness (QED) is 0.166. The lowest BCUT2D eigenvalue weighted by atomic mass is 10.1. The van der Waals surface area contributed by atoms with E-state index in [1.54, 1.807) is 36.4 Å². The first-order chi connectivity index (χ1) is 21.7. The van der Waals surface area contributed by atoms with Crippen molar-refractivity contribution in [3.8, 4) is 17.2 Å². The average Bonchev–Trinajstić information content (AvgIpc) is 3.03. The molecule has 1 heterocycles. The van der Waals surface area contributed by atoms with Crippen LogP contribution in [0.3, 0.4) is 0 Å². The monoisotopic (exact) mass is 625 g/mol. The van der Waals surface area contributed by atoms with E-state index < -0.39 is 23.8 Å². The maximum Gasteiger partial charge on any atom is 0.335 e. The molecule has 1 aliphatic rings. The molecule has 1 fully saturated rings. The lowest BCUT2D eigenvalue weighted by Crippen LogP contribution is -2.54. The Kier molecular flexibility index (Phi) is 9.45. The summed E-state index contributed by atoms with van der Waals surface area (Å²) in [6, 6.07) is 25.3. The SMILES string of the molecule is COc1cc(/C=C2\C(=O)NC(=O)N(c3ccc(OCc4ccccc4)cc3)C2=O)cc(Cl)c1OCC(=O)Nc1ccc(C)cc1. The summed E-state index contributed by atoms with van der Waals surface area (Å²) in [7, 11) is 1.38. The second-order valence-electron chi connectivity index (χ2n) is 9.96. The van der Waals surface area contributed by atoms with Crippen LogP contribution in [0.1, 0.15) is 16.7 Å². The molecule has 0 radical (unpaired) electrons. The van der Waals surface area contributed by atoms with Gasteiger partial charge in [0, 0.05) is 5.69 Å². The number of halogens is 1. The number of carbonyl (C=O) groups is 4. The second kappa shape index (κ2) is 13.8. The lowest BCUT2D eigenvalue weighted by Gasteiger charge is -2.26. The smallest absolute Gasteiger partial charge is 0.335 e. The predicted molar refractivity (Wildman–Crippen MR) is 170 cm³/mol. The standard InChI is InChI=1S/C34H28ClN3O7/c1-21-8-10-24(11-9-21)36-30(39)20-45-31-28(35)17-23(18-29(31)43-2)16-27-32(40)37-34(42)38(33(27)41)25-12-14-26(15-13-25)44-19-22-6-4-3-5-7-22/h3-18H,19-20H2,1-2H3,(H,36,39)(H,37,40,42)/b27-16+. The molecule has 228 valence electrons. The van der Waals surface area contributed by atoms with Gasteiger partial charge in [-0.1, -0.05) is 59.6 Å². The predicted octanol–water partition coefficient (Wildman–Crippen LogP) is 5.92. The lowest BCUT2D eigenvalue weighted by molar-refractivity contribution is -0.122. The topological polar surface area (TPSA) is 123 Å². The summed E-state index contributed by atoms with van der Waals surface area (Å²) < 4.78 is 16.8. The Balaban J connectivity index is 1.30. The van der Waals surface area contributed by atoms with Gasteiger partial charge in [-0.05, 0) is 72.7 Å². The number of barbiturate groups is 1. The van der Waals surface area contributed by atoms with Crippen LogP contribution in [-0.2, 0) is 21.0 Å². The highest BCUT2D eigenvalue weighted by Crippen LogP contribution is 2.37. The Morgan fingerprint density at radius 3 is 2.33 bits per heavy atom. The largest absolute Gasteiger partial charge is 0.493 e. The number of nitrogens with zero attached hydrogens (tertiary/aromatic N) is 1. The van der Waals surface area contributed by atoms with Gasteiger partial charge in [0.15, 0.2) is 18.1 Å². The van der Waals surface area contributed by atoms with E-state index >= 15 is 0 Å². The number of amides is 5. The molecule has 1 aliphatic heterocycles. The molecule has 45 heavy (non-hydrogen) atoms. The summed E-state index contributed by atoms with van der Waals surface area (Å²) >= 11 is 6.46. The maximum atomic E-state index is 13.4. The van der Waals surface area contributed by atoms with Gasteiger partial charge >= 0.3 is 6.03 Å². The number of ether oxygens (including phenoxy) is 3. The fraction of sp³-hybridized carbons (Fsp3) is 0.118. The highest BCUT2D eigenvalue weighted by Gasteiger charge is 2.37. The molecular formula is C34H28ClN3O7. The van der Waals surface area contributed by atoms with E-state index in [9.17, 15) is 19.2 Å². The van der Waals surface area contributed by atoms with Gasteiger partial charge in [-0.25, -0.2) is 9.69 Å². The minimum absolute atomic E-state index is 0.0760. The molecule has 0 aliphatic carbocycles. The molecule has 0 aromatic heterocycles. The number of benzene rings is 4. The van der Waals surface area contributed by atoms with Crippen LogP contribution < -0.4 is 29.7 Å². The van der Waals surface area contributed by atoms with Crippen molar-refractivity contribution in [2.75, 3.05) is 23.9 Å². The number of methoxy groups -OCH3 is 1. The van der Waals surface area contributed by atoms with Gasteiger partial charge in [0.25, 0.3) is 17.7 Å². The third kappa shape index (κ3) is 7.49. The van der Waals surface area contributed by atoms with E-state index in [1.165, 1.54) is 25.3 Å². The van der Waals surface area contributed by atoms with Gasteiger partial charge in [0.1, 0.15) is 17.9 Å². The highest BCUT2D eigenvalue weighted by molar-refractivity contribution is 6.39. The van der Waals surface area contributed by atoms with Crippen LogP contribution in [0.25, 0.3) is 6.08 Å². The van der Waals surface area contributed by atoms with Gasteiger partial charge in [0.2, 0.25) is 0 Å². The van der Waals surface area contributed by atoms with Crippen LogP contribution in [0.4, 0.5) is 16.2 Å². The van der Waals surface area contributed by atoms with Crippen LogP contribution >= 0.6 is 11.6 Å². The molecular weight excluding hydrogens is 598 g/mol. The molecule has 0 bridgehead atoms. The van der Waals surface area contributed by atoms with Gasteiger partial charge in [0.05, 0.1) is 17.8 Å². The molecule has 4 aromatic carbocycles.